The van der Waals surface area contributed by atoms with Gasteiger partial charge in [-0.05, 0) is 43.9 Å². The molecule has 0 radical (unpaired) electrons. The third kappa shape index (κ3) is 3.12. The number of rotatable bonds is 6. The van der Waals surface area contributed by atoms with E-state index in [0.29, 0.717) is 5.75 Å². The molecule has 0 aliphatic heterocycles. The van der Waals surface area contributed by atoms with E-state index in [1.165, 1.54) is 17.3 Å². The summed E-state index contributed by atoms with van der Waals surface area (Å²) in [6.45, 7) is 2.95. The van der Waals surface area contributed by atoms with E-state index in [2.05, 4.69) is 35.0 Å². The molecule has 0 unspecified atom stereocenters. The van der Waals surface area contributed by atoms with E-state index in [-0.39, 0.29) is 11.4 Å². The maximum Gasteiger partial charge on any atom is 0.231 e. The highest BCUT2D eigenvalue weighted by Crippen LogP contribution is 2.41. The van der Waals surface area contributed by atoms with Crippen molar-refractivity contribution >= 4 is 28.7 Å². The van der Waals surface area contributed by atoms with Crippen LogP contribution >= 0.6 is 11.8 Å². The number of nitrogens with one attached hydrogen (secondary N) is 1. The van der Waals surface area contributed by atoms with Crippen LogP contribution in [-0.2, 0) is 16.9 Å². The number of para-hydroxylation sites is 2. The summed E-state index contributed by atoms with van der Waals surface area (Å²) >= 11 is 1.52. The molecule has 1 aromatic heterocycles. The summed E-state index contributed by atoms with van der Waals surface area (Å²) in [7, 11) is 0. The highest BCUT2D eigenvalue weighted by Gasteiger charge is 2.39. The van der Waals surface area contributed by atoms with Crippen LogP contribution in [-0.4, -0.2) is 21.2 Å². The van der Waals surface area contributed by atoms with Crippen LogP contribution in [0.25, 0.3) is 11.0 Å². The summed E-state index contributed by atoms with van der Waals surface area (Å²) in [5.41, 5.74) is 3.14. The van der Waals surface area contributed by atoms with Gasteiger partial charge in [0.15, 0.2) is 5.16 Å². The van der Waals surface area contributed by atoms with Crippen molar-refractivity contribution in [2.75, 3.05) is 5.75 Å². The van der Waals surface area contributed by atoms with Gasteiger partial charge in [-0.25, -0.2) is 4.98 Å². The first kappa shape index (κ1) is 17.2. The number of benzene rings is 2. The van der Waals surface area contributed by atoms with Gasteiger partial charge in [0.25, 0.3) is 0 Å². The van der Waals surface area contributed by atoms with Crippen molar-refractivity contribution in [1.29, 1.82) is 0 Å². The van der Waals surface area contributed by atoms with Gasteiger partial charge in [-0.15, -0.1) is 0 Å². The lowest BCUT2D eigenvalue weighted by Gasteiger charge is -2.43. The summed E-state index contributed by atoms with van der Waals surface area (Å²) in [6, 6.07) is 18.4. The smallest absolute Gasteiger partial charge is 0.231 e. The van der Waals surface area contributed by atoms with Gasteiger partial charge in [-0.2, -0.15) is 0 Å². The molecule has 26 heavy (non-hydrogen) atoms. The highest BCUT2D eigenvalue weighted by atomic mass is 32.2. The Morgan fingerprint density at radius 2 is 1.88 bits per heavy atom. The minimum Gasteiger partial charge on any atom is -0.346 e. The first-order valence-corrected chi connectivity index (χ1v) is 10.1. The van der Waals surface area contributed by atoms with Crippen molar-refractivity contribution in [1.82, 2.24) is 14.9 Å². The molecule has 5 heteroatoms. The van der Waals surface area contributed by atoms with Crippen molar-refractivity contribution in [3.05, 3.63) is 60.2 Å². The number of imidazole rings is 1. The molecule has 0 atom stereocenters. The maximum absolute atomic E-state index is 12.6. The van der Waals surface area contributed by atoms with Crippen molar-refractivity contribution in [2.24, 2.45) is 0 Å². The zero-order valence-electron chi connectivity index (χ0n) is 14.9. The monoisotopic (exact) mass is 365 g/mol. The SMILES string of the molecule is CCn1c(SCC(=O)NC2(c3ccccc3)CCC2)nc2ccccc21. The van der Waals surface area contributed by atoms with E-state index in [0.717, 1.165) is 42.0 Å². The van der Waals surface area contributed by atoms with Crippen LogP contribution in [0.1, 0.15) is 31.7 Å². The van der Waals surface area contributed by atoms with Crippen molar-refractivity contribution in [2.45, 2.75) is 43.4 Å². The maximum atomic E-state index is 12.6. The zero-order chi connectivity index (χ0) is 18.0. The molecule has 1 aliphatic carbocycles. The molecule has 0 saturated heterocycles. The normalized spacial score (nSPS) is 15.6. The molecule has 1 aliphatic rings. The molecule has 3 aromatic rings. The Morgan fingerprint density at radius 1 is 1.15 bits per heavy atom. The summed E-state index contributed by atoms with van der Waals surface area (Å²) in [6.07, 6.45) is 3.19. The minimum atomic E-state index is -0.177. The Kier molecular flexibility index (Phi) is 4.72. The lowest BCUT2D eigenvalue weighted by molar-refractivity contribution is -0.121. The number of nitrogens with zero attached hydrogens (tertiary/aromatic N) is 2. The average molecular weight is 366 g/mol. The number of amides is 1. The summed E-state index contributed by atoms with van der Waals surface area (Å²) in [5.74, 6) is 0.464. The fourth-order valence-corrected chi connectivity index (χ4v) is 4.55. The standard InChI is InChI=1S/C21H23N3OS/c1-2-24-18-12-7-6-11-17(18)22-20(24)26-15-19(25)23-21(13-8-14-21)16-9-4-3-5-10-16/h3-7,9-12H,2,8,13-15H2,1H3,(H,23,25). The fraction of sp³-hybridized carbons (Fsp3) is 0.333. The molecule has 1 amide bonds. The Balaban J connectivity index is 1.46. The number of carbonyl (C=O) groups is 1. The lowest BCUT2D eigenvalue weighted by Crippen LogP contribution is -2.51. The zero-order valence-corrected chi connectivity index (χ0v) is 15.8. The van der Waals surface area contributed by atoms with Crippen LogP contribution in [0, 0.1) is 0 Å². The molecule has 2 aromatic carbocycles. The van der Waals surface area contributed by atoms with E-state index in [1.54, 1.807) is 0 Å². The molecule has 4 rings (SSSR count). The van der Waals surface area contributed by atoms with E-state index in [9.17, 15) is 4.79 Å². The summed E-state index contributed by atoms with van der Waals surface area (Å²) in [4.78, 5) is 17.3. The highest BCUT2D eigenvalue weighted by molar-refractivity contribution is 7.99. The van der Waals surface area contributed by atoms with Crippen LogP contribution in [0.5, 0.6) is 0 Å². The lowest BCUT2D eigenvalue weighted by atomic mass is 9.72. The molecular formula is C21H23N3OS. The number of thioether (sulfide) groups is 1. The first-order valence-electron chi connectivity index (χ1n) is 9.16. The molecule has 1 saturated carbocycles. The van der Waals surface area contributed by atoms with Gasteiger partial charge in [0.05, 0.1) is 22.3 Å². The average Bonchev–Trinajstić information content (AvgIpc) is 3.01. The fourth-order valence-electron chi connectivity index (χ4n) is 3.68. The second-order valence-electron chi connectivity index (χ2n) is 6.77. The van der Waals surface area contributed by atoms with E-state index in [4.69, 9.17) is 4.98 Å². The van der Waals surface area contributed by atoms with Gasteiger partial charge >= 0.3 is 0 Å². The molecule has 1 N–H and O–H groups in total. The van der Waals surface area contributed by atoms with Crippen molar-refractivity contribution in [3.63, 3.8) is 0 Å². The van der Waals surface area contributed by atoms with Crippen LogP contribution in [0.3, 0.4) is 0 Å². The van der Waals surface area contributed by atoms with E-state index in [1.807, 2.05) is 36.4 Å². The Bertz CT molecular complexity index is 915. The molecule has 4 nitrogen and oxygen atoms in total. The van der Waals surface area contributed by atoms with Crippen LogP contribution in [0.15, 0.2) is 59.8 Å². The number of carbonyl (C=O) groups excluding carboxylic acids is 1. The number of hydrogen-bond acceptors (Lipinski definition) is 3. The molecule has 1 heterocycles. The van der Waals surface area contributed by atoms with E-state index < -0.39 is 0 Å². The molecule has 0 bridgehead atoms. The number of hydrogen-bond donors (Lipinski definition) is 1. The third-order valence-electron chi connectivity index (χ3n) is 5.18. The Labute approximate surface area is 158 Å². The Hall–Kier alpha value is -2.27. The molecular weight excluding hydrogens is 342 g/mol. The van der Waals surface area contributed by atoms with Gasteiger partial charge < -0.3 is 9.88 Å². The van der Waals surface area contributed by atoms with Crippen molar-refractivity contribution in [3.8, 4) is 0 Å². The molecule has 0 spiro atoms. The van der Waals surface area contributed by atoms with Gasteiger partial charge in [-0.1, -0.05) is 54.2 Å². The second kappa shape index (κ2) is 7.16. The van der Waals surface area contributed by atoms with Gasteiger partial charge in [0.2, 0.25) is 5.91 Å². The number of aryl methyl sites for hydroxylation is 1. The largest absolute Gasteiger partial charge is 0.346 e. The topological polar surface area (TPSA) is 46.9 Å². The molecule has 1 fully saturated rings. The van der Waals surface area contributed by atoms with Gasteiger partial charge in [0.1, 0.15) is 0 Å². The van der Waals surface area contributed by atoms with Crippen molar-refractivity contribution < 1.29 is 4.79 Å². The summed E-state index contributed by atoms with van der Waals surface area (Å²) < 4.78 is 2.17. The van der Waals surface area contributed by atoms with Crippen LogP contribution < -0.4 is 5.32 Å². The third-order valence-corrected chi connectivity index (χ3v) is 6.16. The predicted octanol–water partition coefficient (Wildman–Crippen LogP) is 4.34. The Morgan fingerprint density at radius 3 is 2.58 bits per heavy atom. The van der Waals surface area contributed by atoms with Crippen LogP contribution in [0.2, 0.25) is 0 Å². The first-order chi connectivity index (χ1) is 12.7. The quantitative estimate of drug-likeness (QED) is 0.661. The summed E-state index contributed by atoms with van der Waals surface area (Å²) in [5, 5.41) is 4.20. The molecule has 134 valence electrons. The predicted molar refractivity (Wildman–Crippen MR) is 106 cm³/mol. The van der Waals surface area contributed by atoms with E-state index >= 15 is 0 Å². The minimum absolute atomic E-state index is 0.0771. The van der Waals surface area contributed by atoms with Gasteiger partial charge in [-0.3, -0.25) is 4.79 Å². The van der Waals surface area contributed by atoms with Gasteiger partial charge in [0, 0.05) is 6.54 Å². The second-order valence-corrected chi connectivity index (χ2v) is 7.71. The number of fused-ring (bicyclic) bond motifs is 1. The number of aromatic nitrogens is 2. The van der Waals surface area contributed by atoms with Crippen LogP contribution in [0.4, 0.5) is 0 Å².